The highest BCUT2D eigenvalue weighted by Gasteiger charge is 2.42. The molecular weight excluding hydrogens is 158 g/mol. The van der Waals surface area contributed by atoms with Crippen molar-refractivity contribution in [1.29, 1.82) is 0 Å². The molecule has 1 aliphatic rings. The highest BCUT2D eigenvalue weighted by atomic mass is 15.2. The number of para-hydroxylation sites is 1. The van der Waals surface area contributed by atoms with Crippen LogP contribution in [-0.4, -0.2) is 12.6 Å². The molecule has 2 rings (SSSR count). The molecule has 0 bridgehead atoms. The van der Waals surface area contributed by atoms with E-state index in [1.807, 2.05) is 0 Å². The van der Waals surface area contributed by atoms with Gasteiger partial charge in [0.1, 0.15) is 0 Å². The Labute approximate surface area is 80.4 Å². The van der Waals surface area contributed by atoms with Gasteiger partial charge in [0, 0.05) is 23.7 Å². The van der Waals surface area contributed by atoms with E-state index in [0.717, 1.165) is 0 Å². The van der Waals surface area contributed by atoms with Crippen LogP contribution in [0.5, 0.6) is 0 Å². The Morgan fingerprint density at radius 2 is 1.85 bits per heavy atom. The number of anilines is 1. The second-order valence-corrected chi connectivity index (χ2v) is 4.63. The zero-order valence-corrected chi connectivity index (χ0v) is 8.62. The third kappa shape index (κ3) is 1.32. The van der Waals surface area contributed by atoms with Gasteiger partial charge in [-0.25, -0.2) is 0 Å². The van der Waals surface area contributed by atoms with Crippen LogP contribution in [0.15, 0.2) is 30.3 Å². The van der Waals surface area contributed by atoms with Gasteiger partial charge in [0.25, 0.3) is 0 Å². The van der Waals surface area contributed by atoms with Crippen molar-refractivity contribution in [3.05, 3.63) is 30.3 Å². The van der Waals surface area contributed by atoms with Gasteiger partial charge in [-0.1, -0.05) is 32.0 Å². The number of benzene rings is 1. The van der Waals surface area contributed by atoms with Crippen molar-refractivity contribution < 1.29 is 0 Å². The van der Waals surface area contributed by atoms with E-state index >= 15 is 0 Å². The summed E-state index contributed by atoms with van der Waals surface area (Å²) in [6, 6.07) is 11.3. The van der Waals surface area contributed by atoms with Crippen LogP contribution in [0.1, 0.15) is 20.8 Å². The predicted molar refractivity (Wildman–Crippen MR) is 57.0 cm³/mol. The summed E-state index contributed by atoms with van der Waals surface area (Å²) < 4.78 is 0. The quantitative estimate of drug-likeness (QED) is 0.634. The summed E-state index contributed by atoms with van der Waals surface area (Å²) in [7, 11) is 0. The fourth-order valence-electron chi connectivity index (χ4n) is 1.95. The second-order valence-electron chi connectivity index (χ2n) is 4.63. The maximum atomic E-state index is 2.46. The second kappa shape index (κ2) is 2.76. The first-order valence-corrected chi connectivity index (χ1v) is 4.93. The minimum atomic E-state index is 0.482. The van der Waals surface area contributed by atoms with Crippen LogP contribution in [0.25, 0.3) is 0 Å². The molecule has 1 saturated heterocycles. The lowest BCUT2D eigenvalue weighted by Crippen LogP contribution is -2.60. The zero-order valence-electron chi connectivity index (χ0n) is 8.62. The molecule has 70 valence electrons. The van der Waals surface area contributed by atoms with E-state index < -0.39 is 0 Å². The number of hydrogen-bond acceptors (Lipinski definition) is 1. The van der Waals surface area contributed by atoms with Crippen LogP contribution in [-0.2, 0) is 0 Å². The van der Waals surface area contributed by atoms with Gasteiger partial charge in [-0.15, -0.1) is 0 Å². The fraction of sp³-hybridized carbons (Fsp3) is 0.500. The van der Waals surface area contributed by atoms with Gasteiger partial charge in [0.2, 0.25) is 0 Å². The summed E-state index contributed by atoms with van der Waals surface area (Å²) in [5.41, 5.74) is 1.84. The monoisotopic (exact) mass is 175 g/mol. The predicted octanol–water partition coefficient (Wildman–Crippen LogP) is 2.92. The van der Waals surface area contributed by atoms with Crippen LogP contribution >= 0.6 is 0 Å². The minimum absolute atomic E-state index is 0.482. The summed E-state index contributed by atoms with van der Waals surface area (Å²) in [6.07, 6.45) is 0. The summed E-state index contributed by atoms with van der Waals surface area (Å²) in [4.78, 5) is 2.46. The first-order chi connectivity index (χ1) is 6.11. The van der Waals surface area contributed by atoms with E-state index in [2.05, 4.69) is 56.0 Å². The lowest BCUT2D eigenvalue weighted by atomic mass is 9.75. The van der Waals surface area contributed by atoms with E-state index in [4.69, 9.17) is 0 Å². The van der Waals surface area contributed by atoms with Crippen LogP contribution in [0, 0.1) is 5.41 Å². The Bertz CT molecular complexity index is 289. The molecular formula is C12H17N. The molecule has 13 heavy (non-hydrogen) atoms. The lowest BCUT2D eigenvalue weighted by Gasteiger charge is -2.54. The van der Waals surface area contributed by atoms with Crippen molar-refractivity contribution in [2.24, 2.45) is 5.41 Å². The van der Waals surface area contributed by atoms with E-state index in [9.17, 15) is 0 Å². The molecule has 1 unspecified atom stereocenters. The topological polar surface area (TPSA) is 3.24 Å². The molecule has 0 radical (unpaired) electrons. The average Bonchev–Trinajstić information content (AvgIpc) is 2.15. The van der Waals surface area contributed by atoms with Gasteiger partial charge in [0.15, 0.2) is 0 Å². The Morgan fingerprint density at radius 3 is 2.31 bits per heavy atom. The molecule has 0 aromatic heterocycles. The molecule has 1 heterocycles. The summed E-state index contributed by atoms with van der Waals surface area (Å²) >= 11 is 0. The van der Waals surface area contributed by atoms with Crippen molar-refractivity contribution in [2.45, 2.75) is 26.8 Å². The molecule has 1 aliphatic heterocycles. The van der Waals surface area contributed by atoms with Gasteiger partial charge in [-0.3, -0.25) is 0 Å². The fourth-order valence-corrected chi connectivity index (χ4v) is 1.95. The highest BCUT2D eigenvalue weighted by molar-refractivity contribution is 5.50. The van der Waals surface area contributed by atoms with Gasteiger partial charge in [-0.05, 0) is 19.1 Å². The molecule has 0 spiro atoms. The number of hydrogen-bond donors (Lipinski definition) is 0. The molecule has 1 fully saturated rings. The maximum absolute atomic E-state index is 2.46. The van der Waals surface area contributed by atoms with Crippen molar-refractivity contribution >= 4 is 5.69 Å². The van der Waals surface area contributed by atoms with E-state index in [1.165, 1.54) is 12.2 Å². The third-order valence-electron chi connectivity index (χ3n) is 3.26. The molecule has 1 aromatic rings. The summed E-state index contributed by atoms with van der Waals surface area (Å²) in [5, 5.41) is 0. The minimum Gasteiger partial charge on any atom is -0.368 e. The van der Waals surface area contributed by atoms with E-state index in [1.54, 1.807) is 0 Å². The van der Waals surface area contributed by atoms with Crippen LogP contribution in [0.2, 0.25) is 0 Å². The van der Waals surface area contributed by atoms with E-state index in [-0.39, 0.29) is 0 Å². The summed E-state index contributed by atoms with van der Waals surface area (Å²) in [5.74, 6) is 0. The van der Waals surface area contributed by atoms with Crippen LogP contribution in [0.4, 0.5) is 5.69 Å². The van der Waals surface area contributed by atoms with Crippen LogP contribution in [0.3, 0.4) is 0 Å². The van der Waals surface area contributed by atoms with Crippen molar-refractivity contribution in [1.82, 2.24) is 0 Å². The molecule has 1 aromatic carbocycles. The molecule has 0 saturated carbocycles. The standard InChI is InChI=1S/C12H17N/c1-10-12(2,3)9-13(10)11-7-5-4-6-8-11/h4-8,10H,9H2,1-3H3. The Morgan fingerprint density at radius 1 is 1.23 bits per heavy atom. The average molecular weight is 175 g/mol. The van der Waals surface area contributed by atoms with Crippen LogP contribution < -0.4 is 4.90 Å². The third-order valence-corrected chi connectivity index (χ3v) is 3.26. The highest BCUT2D eigenvalue weighted by Crippen LogP contribution is 2.39. The molecule has 0 N–H and O–H groups in total. The Hall–Kier alpha value is -0.980. The largest absolute Gasteiger partial charge is 0.368 e. The normalized spacial score (nSPS) is 25.5. The first-order valence-electron chi connectivity index (χ1n) is 4.93. The van der Waals surface area contributed by atoms with E-state index in [0.29, 0.717) is 11.5 Å². The molecule has 1 heteroatoms. The SMILES string of the molecule is CC1N(c2ccccc2)CC1(C)C. The first kappa shape index (κ1) is 8.61. The van der Waals surface area contributed by atoms with Gasteiger partial charge in [0.05, 0.1) is 0 Å². The Balaban J connectivity index is 2.15. The van der Waals surface area contributed by atoms with Gasteiger partial charge >= 0.3 is 0 Å². The zero-order chi connectivity index (χ0) is 9.47. The molecule has 1 nitrogen and oxygen atoms in total. The van der Waals surface area contributed by atoms with Gasteiger partial charge < -0.3 is 4.90 Å². The lowest BCUT2D eigenvalue weighted by molar-refractivity contribution is 0.194. The van der Waals surface area contributed by atoms with Crippen molar-refractivity contribution in [3.63, 3.8) is 0 Å². The molecule has 0 amide bonds. The smallest absolute Gasteiger partial charge is 0.0368 e. The molecule has 1 atom stereocenters. The number of rotatable bonds is 1. The summed E-state index contributed by atoms with van der Waals surface area (Å²) in [6.45, 7) is 8.14. The molecule has 0 aliphatic carbocycles. The number of nitrogens with zero attached hydrogens (tertiary/aromatic N) is 1. The van der Waals surface area contributed by atoms with Crippen molar-refractivity contribution in [3.8, 4) is 0 Å². The Kier molecular flexibility index (Phi) is 1.83. The maximum Gasteiger partial charge on any atom is 0.0368 e. The van der Waals surface area contributed by atoms with Gasteiger partial charge in [-0.2, -0.15) is 0 Å². The van der Waals surface area contributed by atoms with Crippen molar-refractivity contribution in [2.75, 3.05) is 11.4 Å².